The van der Waals surface area contributed by atoms with Crippen LogP contribution in [0.15, 0.2) is 123 Å². The van der Waals surface area contributed by atoms with Gasteiger partial charge in [-0.2, -0.15) is 38.7 Å². The monoisotopic (exact) mass is 2010 g/mol. The number of carbonyl (C=O) groups excluding carboxylic acids is 7. The number of amides is 6. The minimum Gasteiger partial charge on any atom is -0.482 e. The van der Waals surface area contributed by atoms with Gasteiger partial charge in [0.2, 0.25) is 11.8 Å². The molecule has 0 spiro atoms. The van der Waals surface area contributed by atoms with Crippen molar-refractivity contribution in [1.82, 2.24) is 16.0 Å². The van der Waals surface area contributed by atoms with E-state index >= 15 is 0 Å². The molecule has 6 aromatic rings. The van der Waals surface area contributed by atoms with Crippen LogP contribution in [0, 0.1) is 37.0 Å². The van der Waals surface area contributed by atoms with E-state index in [1.54, 1.807) is 78.8 Å². The van der Waals surface area contributed by atoms with Crippen LogP contribution >= 0.6 is 69.6 Å². The van der Waals surface area contributed by atoms with Crippen LogP contribution in [0.4, 0.5) is 17.1 Å². The van der Waals surface area contributed by atoms with Crippen molar-refractivity contribution >= 4 is 156 Å². The zero-order valence-electron chi connectivity index (χ0n) is 83.9. The van der Waals surface area contributed by atoms with Gasteiger partial charge in [-0.1, -0.05) is 375 Å². The second-order valence-corrected chi connectivity index (χ2v) is 42.0. The van der Waals surface area contributed by atoms with Crippen molar-refractivity contribution in [3.05, 3.63) is 161 Å². The van der Waals surface area contributed by atoms with Gasteiger partial charge in [0.1, 0.15) is 51.1 Å². The highest BCUT2D eigenvalue weighted by molar-refractivity contribution is 7.86. The van der Waals surface area contributed by atoms with E-state index in [-0.39, 0.29) is 100 Å². The Labute approximate surface area is 841 Å². The van der Waals surface area contributed by atoms with Crippen LogP contribution in [0.1, 0.15) is 357 Å². The first kappa shape index (κ1) is 117. The highest BCUT2D eigenvalue weighted by Gasteiger charge is 2.42. The third-order valence-electron chi connectivity index (χ3n) is 25.2. The molecule has 3 aliphatic heterocycles. The van der Waals surface area contributed by atoms with E-state index in [9.17, 15) is 46.5 Å². The van der Waals surface area contributed by atoms with Crippen molar-refractivity contribution < 1.29 is 60.7 Å². The number of unbranched alkanes of at least 4 members (excludes halogenated alkanes) is 26. The number of halogens is 6. The van der Waals surface area contributed by atoms with E-state index in [2.05, 4.69) is 111 Å². The Morgan fingerprint density at radius 2 is 0.904 bits per heavy atom. The number of nitrogens with one attached hydrogen (secondary N) is 3. The van der Waals surface area contributed by atoms with Crippen molar-refractivity contribution in [3.63, 3.8) is 0 Å². The molecule has 0 aliphatic carbocycles. The number of para-hydroxylation sites is 1. The molecule has 5 atom stereocenters. The maximum Gasteiger partial charge on any atom is 0.298 e. The lowest BCUT2D eigenvalue weighted by atomic mass is 9.76. The van der Waals surface area contributed by atoms with Crippen molar-refractivity contribution in [2.45, 2.75) is 378 Å². The molecule has 136 heavy (non-hydrogen) atoms. The van der Waals surface area contributed by atoms with Crippen LogP contribution in [-0.4, -0.2) is 83.9 Å². The number of aryl methyl sites for hydroxylation is 3. The topological polar surface area (TPSA) is 284 Å². The summed E-state index contributed by atoms with van der Waals surface area (Å²) in [5.74, 6) is -1.32. The summed E-state index contributed by atoms with van der Waals surface area (Å²) in [4.78, 5) is 87.8. The fourth-order valence-corrected chi connectivity index (χ4v) is 17.9. The molecule has 0 radical (unpaired) electrons. The first-order chi connectivity index (χ1) is 64.4. The number of benzene rings is 6. The molecule has 9 rings (SSSR count). The maximum absolute atomic E-state index is 13.2. The maximum atomic E-state index is 13.2. The summed E-state index contributed by atoms with van der Waals surface area (Å²) in [7, 11) is -4.68. The SMILES string of the molecule is CC1C(=O)N(c2c(Cl)c(Cl)c(Cl)c(Cl)c2Cl)N=C1NC(=O)C(C)(C)C.CCC(Oc1ccc(C(C)(C)CC)cc1C(C)(C)CC)C(C)=O.CCCCCCCCCCCCCCCCCC(=O)NC1=NN(c2ccc(Oc3ccccc3)c(S(=O)(=O)O)c2)C(=O)C1C.CCCCCCCCCCCCCCCc1cccc(OC(CC)C(=O)NC2=NN(c3c(C)cc(C)cc3Cl)C(=O)C2C)c1. The van der Waals surface area contributed by atoms with Crippen LogP contribution in [0.25, 0.3) is 0 Å². The third kappa shape index (κ3) is 35.9. The standard InChI is InChI=1S/C37H54ClN3O3.C34H49N3O6S.C21H34O2.C15H14Cl5N3O2/c1-6-8-9-10-11-12-13-14-15-16-17-18-19-21-30-22-20-23-31(26-30)44-33(7-2)36(42)39-35-29(5)37(43)41(40-35)34-28(4)24-27(3)25-32(34)38;1-3-4-5-6-7-8-9-10-11-12-13-14-15-16-20-23-32(38)35-33-27(2)34(39)37(36-33)28-24-25-30(31(26-28)44(40,41)42)43-29-21-18-17-19-22-29;1-9-18(15(4)22)23-19-13-12-16(20(5,6)10-2)14-17(19)21(7,8)11-3;1-5-12(21-14(25)15(2,3)4)22-23(13(5)24)11-9(19)7(17)6(16)8(18)10(11)20/h20,22-26,29,33H,6-19,21H2,1-5H3,(H,39,40,42);17-19,21-22,24-27H,3-16,20,23H2,1-2H3,(H,35,36,38)(H,40,41,42);12-14,18H,9-11H2,1-8H3;5H,1-4H3,(H,21,22,25). The number of rotatable bonds is 48. The molecule has 0 aromatic heterocycles. The average molecular weight is 2020 g/mol. The average Bonchev–Trinajstić information content (AvgIpc) is 1.55. The zero-order chi connectivity index (χ0) is 101. The Balaban J connectivity index is 0.000000290. The predicted molar refractivity (Wildman–Crippen MR) is 560 cm³/mol. The van der Waals surface area contributed by atoms with E-state index in [4.69, 9.17) is 83.8 Å². The van der Waals surface area contributed by atoms with Gasteiger partial charge in [-0.05, 0) is 174 Å². The second-order valence-electron chi connectivity index (χ2n) is 38.3. The number of amidine groups is 3. The van der Waals surface area contributed by atoms with Gasteiger partial charge in [-0.25, -0.2) is 0 Å². The number of ketones is 1. The van der Waals surface area contributed by atoms with Crippen LogP contribution in [0.5, 0.6) is 23.0 Å². The summed E-state index contributed by atoms with van der Waals surface area (Å²) in [6, 6.07) is 30.8. The van der Waals surface area contributed by atoms with Gasteiger partial charge in [0, 0.05) is 17.4 Å². The molecule has 4 N–H and O–H groups in total. The number of carbonyl (C=O) groups is 7. The lowest BCUT2D eigenvalue weighted by Gasteiger charge is -2.31. The highest BCUT2D eigenvalue weighted by atomic mass is 35.5. The Hall–Kier alpha value is -8.13. The molecule has 750 valence electrons. The molecule has 0 bridgehead atoms. The van der Waals surface area contributed by atoms with E-state index in [1.165, 1.54) is 188 Å². The van der Waals surface area contributed by atoms with Crippen molar-refractivity contribution in [3.8, 4) is 23.0 Å². The molecular formula is C107H151Cl6N9O13S. The quantitative estimate of drug-likeness (QED) is 0.0120. The van der Waals surface area contributed by atoms with E-state index < -0.39 is 56.1 Å². The van der Waals surface area contributed by atoms with Gasteiger partial charge in [0.15, 0.2) is 18.0 Å². The molecule has 6 amide bonds. The summed E-state index contributed by atoms with van der Waals surface area (Å²) in [5.41, 5.74) is 5.81. The number of hydrogen-bond acceptors (Lipinski definition) is 15. The number of Topliss-reactive ketones (excluding diaryl/α,β-unsaturated/α-hetero) is 1. The smallest absolute Gasteiger partial charge is 0.298 e. The third-order valence-corrected chi connectivity index (χ3v) is 28.6. The highest BCUT2D eigenvalue weighted by Crippen LogP contribution is 2.50. The van der Waals surface area contributed by atoms with Gasteiger partial charge in [-0.3, -0.25) is 38.1 Å². The van der Waals surface area contributed by atoms with E-state index in [0.717, 1.165) is 77.9 Å². The molecule has 0 saturated carbocycles. The lowest BCUT2D eigenvalue weighted by Crippen LogP contribution is -2.43. The van der Waals surface area contributed by atoms with Crippen molar-refractivity contribution in [2.75, 3.05) is 15.0 Å². The second kappa shape index (κ2) is 57.6. The fraction of sp³-hybridized carbons (Fsp3) is 0.570. The van der Waals surface area contributed by atoms with Gasteiger partial charge >= 0.3 is 0 Å². The Bertz CT molecular complexity index is 5100. The predicted octanol–water partition coefficient (Wildman–Crippen LogP) is 29.5. The summed E-state index contributed by atoms with van der Waals surface area (Å²) in [5, 5.41) is 24.7. The van der Waals surface area contributed by atoms with Crippen LogP contribution in [0.3, 0.4) is 0 Å². The first-order valence-electron chi connectivity index (χ1n) is 49.3. The number of anilines is 3. The van der Waals surface area contributed by atoms with Gasteiger partial charge in [0.25, 0.3) is 33.7 Å². The van der Waals surface area contributed by atoms with Crippen molar-refractivity contribution in [1.29, 1.82) is 0 Å². The minimum absolute atomic E-state index is 0.0135. The Morgan fingerprint density at radius 3 is 1.38 bits per heavy atom. The molecule has 5 unspecified atom stereocenters. The van der Waals surface area contributed by atoms with Crippen LogP contribution in [-0.2, 0) is 60.9 Å². The molecule has 3 aliphatic rings. The van der Waals surface area contributed by atoms with Crippen LogP contribution < -0.4 is 45.2 Å². The summed E-state index contributed by atoms with van der Waals surface area (Å²) >= 11 is 36.9. The summed E-state index contributed by atoms with van der Waals surface area (Å²) in [6.07, 6.45) is 39.8. The number of hydrogen-bond donors (Lipinski definition) is 4. The van der Waals surface area contributed by atoms with Crippen molar-refractivity contribution in [2.24, 2.45) is 38.5 Å². The van der Waals surface area contributed by atoms with Gasteiger partial charge < -0.3 is 30.2 Å². The molecule has 29 heteroatoms. The van der Waals surface area contributed by atoms with Gasteiger partial charge in [-0.15, -0.1) is 0 Å². The normalized spacial score (nSPS) is 15.4. The number of hydrazone groups is 3. The molecule has 0 saturated heterocycles. The Morgan fingerprint density at radius 1 is 0.463 bits per heavy atom. The van der Waals surface area contributed by atoms with E-state index in [1.807, 2.05) is 58.0 Å². The van der Waals surface area contributed by atoms with Gasteiger partial charge in [0.05, 0.1) is 59.3 Å². The number of nitrogens with zero attached hydrogens (tertiary/aromatic N) is 6. The molecular weight excluding hydrogens is 1860 g/mol. The summed E-state index contributed by atoms with van der Waals surface area (Å²) in [6.45, 7) is 37.5. The molecule has 6 aromatic carbocycles. The fourth-order valence-electron chi connectivity index (χ4n) is 15.6. The van der Waals surface area contributed by atoms with E-state index in [0.29, 0.717) is 47.3 Å². The molecule has 0 fully saturated rings. The minimum atomic E-state index is -4.68. The van der Waals surface area contributed by atoms with Crippen LogP contribution in [0.2, 0.25) is 30.1 Å². The largest absolute Gasteiger partial charge is 0.482 e. The zero-order valence-corrected chi connectivity index (χ0v) is 89.3. The molecule has 3 heterocycles. The number of ether oxygens (including phenoxy) is 3. The Kier molecular flexibility index (Phi) is 49.3. The summed E-state index contributed by atoms with van der Waals surface area (Å²) < 4.78 is 52.0. The first-order valence-corrected chi connectivity index (χ1v) is 53.0. The molecule has 22 nitrogen and oxygen atoms in total. The lowest BCUT2D eigenvalue weighted by molar-refractivity contribution is -0.127.